The Hall–Kier alpha value is -3.39. The number of hydrogen-bond donors (Lipinski definition) is 2. The fraction of sp³-hybridized carbons (Fsp3) is 0.348. The Bertz CT molecular complexity index is 974. The van der Waals surface area contributed by atoms with E-state index in [1.54, 1.807) is 7.11 Å². The number of urea groups is 1. The van der Waals surface area contributed by atoms with Crippen LogP contribution in [-0.4, -0.2) is 47.3 Å². The summed E-state index contributed by atoms with van der Waals surface area (Å²) in [6.45, 7) is 2.07. The lowest BCUT2D eigenvalue weighted by atomic mass is 10.0. The quantitative estimate of drug-likeness (QED) is 0.601. The second kappa shape index (κ2) is 10.1. The number of carbonyl (C=O) groups excluding carboxylic acids is 1. The number of hydrogen-bond acceptors (Lipinski definition) is 6. The van der Waals surface area contributed by atoms with Crippen LogP contribution in [0.25, 0.3) is 11.4 Å². The number of carbonyl (C=O) groups is 1. The number of methoxy groups -OCH3 is 1. The highest BCUT2D eigenvalue weighted by Crippen LogP contribution is 2.22. The Labute approximate surface area is 181 Å². The summed E-state index contributed by atoms with van der Waals surface area (Å²) < 4.78 is 10.7. The van der Waals surface area contributed by atoms with Crippen LogP contribution in [-0.2, 0) is 6.54 Å². The molecule has 0 spiro atoms. The normalized spacial score (nSPS) is 16.6. The molecule has 2 heterocycles. The zero-order valence-electron chi connectivity index (χ0n) is 17.6. The minimum absolute atomic E-state index is 0.198. The topological polar surface area (TPSA) is 92.5 Å². The highest BCUT2D eigenvalue weighted by Gasteiger charge is 2.25. The van der Waals surface area contributed by atoms with Gasteiger partial charge >= 0.3 is 6.03 Å². The van der Waals surface area contributed by atoms with E-state index in [4.69, 9.17) is 9.26 Å². The second-order valence-electron chi connectivity index (χ2n) is 7.56. The zero-order chi connectivity index (χ0) is 21.5. The molecule has 1 aliphatic heterocycles. The lowest BCUT2D eigenvalue weighted by molar-refractivity contribution is 0.123. The number of amides is 2. The highest BCUT2D eigenvalue weighted by molar-refractivity contribution is 5.89. The monoisotopic (exact) mass is 421 g/mol. The molecule has 1 saturated heterocycles. The van der Waals surface area contributed by atoms with E-state index in [-0.39, 0.29) is 12.1 Å². The van der Waals surface area contributed by atoms with E-state index in [0.717, 1.165) is 42.8 Å². The first kappa shape index (κ1) is 20.9. The van der Waals surface area contributed by atoms with Crippen molar-refractivity contribution in [3.05, 3.63) is 60.5 Å². The SMILES string of the molecule is COc1ccc(-c2noc(CN3CCCC[C@@H]3CNC(=O)Nc3ccccc3)n2)cc1. The van der Waals surface area contributed by atoms with Crippen LogP contribution in [0.4, 0.5) is 10.5 Å². The van der Waals surface area contributed by atoms with Gasteiger partial charge < -0.3 is 19.9 Å². The summed E-state index contributed by atoms with van der Waals surface area (Å²) >= 11 is 0. The van der Waals surface area contributed by atoms with Gasteiger partial charge in [0.15, 0.2) is 0 Å². The maximum absolute atomic E-state index is 12.2. The van der Waals surface area contributed by atoms with Gasteiger partial charge in [0.2, 0.25) is 11.7 Å². The molecule has 0 radical (unpaired) electrons. The van der Waals surface area contributed by atoms with Crippen LogP contribution >= 0.6 is 0 Å². The van der Waals surface area contributed by atoms with Gasteiger partial charge in [-0.1, -0.05) is 29.8 Å². The number of para-hydroxylation sites is 1. The maximum atomic E-state index is 12.2. The van der Waals surface area contributed by atoms with Crippen LogP contribution in [0, 0.1) is 0 Å². The molecule has 1 atom stereocenters. The number of nitrogens with one attached hydrogen (secondary N) is 2. The van der Waals surface area contributed by atoms with Crippen molar-refractivity contribution in [3.8, 4) is 17.1 Å². The Morgan fingerprint density at radius 1 is 1.16 bits per heavy atom. The maximum Gasteiger partial charge on any atom is 0.319 e. The van der Waals surface area contributed by atoms with Crippen LogP contribution in [0.3, 0.4) is 0 Å². The summed E-state index contributed by atoms with van der Waals surface area (Å²) in [5, 5.41) is 9.97. The Morgan fingerprint density at radius 3 is 2.74 bits per heavy atom. The molecule has 8 nitrogen and oxygen atoms in total. The number of ether oxygens (including phenoxy) is 1. The smallest absolute Gasteiger partial charge is 0.319 e. The molecule has 2 aromatic carbocycles. The third-order valence-corrected chi connectivity index (χ3v) is 5.43. The van der Waals surface area contributed by atoms with E-state index < -0.39 is 0 Å². The largest absolute Gasteiger partial charge is 0.497 e. The van der Waals surface area contributed by atoms with Gasteiger partial charge in [-0.2, -0.15) is 4.98 Å². The third-order valence-electron chi connectivity index (χ3n) is 5.43. The van der Waals surface area contributed by atoms with E-state index in [2.05, 4.69) is 25.7 Å². The van der Waals surface area contributed by atoms with Crippen molar-refractivity contribution in [1.29, 1.82) is 0 Å². The van der Waals surface area contributed by atoms with Crippen molar-refractivity contribution in [2.24, 2.45) is 0 Å². The van der Waals surface area contributed by atoms with Gasteiger partial charge in [-0.05, 0) is 55.8 Å². The van der Waals surface area contributed by atoms with E-state index in [9.17, 15) is 4.79 Å². The first-order valence-corrected chi connectivity index (χ1v) is 10.5. The second-order valence-corrected chi connectivity index (χ2v) is 7.56. The van der Waals surface area contributed by atoms with Crippen LogP contribution in [0.15, 0.2) is 59.1 Å². The molecule has 0 bridgehead atoms. The van der Waals surface area contributed by atoms with Gasteiger partial charge in [-0.3, -0.25) is 4.90 Å². The first-order valence-electron chi connectivity index (χ1n) is 10.5. The molecule has 1 aliphatic rings. The third kappa shape index (κ3) is 5.61. The van der Waals surface area contributed by atoms with Crippen molar-refractivity contribution in [3.63, 3.8) is 0 Å². The number of piperidine rings is 1. The van der Waals surface area contributed by atoms with Crippen molar-refractivity contribution >= 4 is 11.7 Å². The van der Waals surface area contributed by atoms with Gasteiger partial charge in [0.05, 0.1) is 13.7 Å². The predicted molar refractivity (Wildman–Crippen MR) is 118 cm³/mol. The number of nitrogens with zero attached hydrogens (tertiary/aromatic N) is 3. The van der Waals surface area contributed by atoms with Gasteiger partial charge in [-0.15, -0.1) is 0 Å². The zero-order valence-corrected chi connectivity index (χ0v) is 17.6. The van der Waals surface area contributed by atoms with Crippen LogP contribution < -0.4 is 15.4 Å². The molecule has 1 fully saturated rings. The van der Waals surface area contributed by atoms with Gasteiger partial charge in [0, 0.05) is 23.8 Å². The fourth-order valence-corrected chi connectivity index (χ4v) is 3.76. The molecule has 0 aliphatic carbocycles. The summed E-state index contributed by atoms with van der Waals surface area (Å²) in [7, 11) is 1.64. The van der Waals surface area contributed by atoms with Gasteiger partial charge in [0.1, 0.15) is 5.75 Å². The summed E-state index contributed by atoms with van der Waals surface area (Å²) in [6, 6.07) is 17.0. The number of aromatic nitrogens is 2. The molecule has 2 amide bonds. The van der Waals surface area contributed by atoms with Gasteiger partial charge in [-0.25, -0.2) is 4.79 Å². The lowest BCUT2D eigenvalue weighted by Crippen LogP contribution is -2.47. The Morgan fingerprint density at radius 2 is 1.97 bits per heavy atom. The molecule has 1 aromatic heterocycles. The molecule has 0 saturated carbocycles. The summed E-state index contributed by atoms with van der Waals surface area (Å²) in [6.07, 6.45) is 3.28. The van der Waals surface area contributed by atoms with Crippen molar-refractivity contribution < 1.29 is 14.1 Å². The minimum Gasteiger partial charge on any atom is -0.497 e. The number of anilines is 1. The molecule has 31 heavy (non-hydrogen) atoms. The Balaban J connectivity index is 1.33. The van der Waals surface area contributed by atoms with Gasteiger partial charge in [0.25, 0.3) is 0 Å². The minimum atomic E-state index is -0.198. The van der Waals surface area contributed by atoms with E-state index in [0.29, 0.717) is 24.8 Å². The molecule has 4 rings (SSSR count). The molecule has 3 aromatic rings. The van der Waals surface area contributed by atoms with Crippen molar-refractivity contribution in [1.82, 2.24) is 20.4 Å². The molecule has 8 heteroatoms. The molecule has 0 unspecified atom stereocenters. The van der Waals surface area contributed by atoms with E-state index >= 15 is 0 Å². The standard InChI is InChI=1S/C23H27N5O3/c1-30-20-12-10-17(11-13-20)22-26-21(31-27-22)16-28-14-6-5-9-19(28)15-24-23(29)25-18-7-3-2-4-8-18/h2-4,7-8,10-13,19H,5-6,9,14-16H2,1H3,(H2,24,25,29)/t19-/m1/s1. The molecular formula is C23H27N5O3. The summed E-state index contributed by atoms with van der Waals surface area (Å²) in [5.74, 6) is 1.92. The fourth-order valence-electron chi connectivity index (χ4n) is 3.76. The van der Waals surface area contributed by atoms with E-state index in [1.165, 1.54) is 0 Å². The van der Waals surface area contributed by atoms with Crippen LogP contribution in [0.1, 0.15) is 25.2 Å². The predicted octanol–water partition coefficient (Wildman–Crippen LogP) is 3.92. The molecular weight excluding hydrogens is 394 g/mol. The number of likely N-dealkylation sites (tertiary alicyclic amines) is 1. The average Bonchev–Trinajstić information content (AvgIpc) is 3.28. The molecule has 2 N–H and O–H groups in total. The summed E-state index contributed by atoms with van der Waals surface area (Å²) in [4.78, 5) is 19.1. The Kier molecular flexibility index (Phi) is 6.78. The number of rotatable bonds is 7. The highest BCUT2D eigenvalue weighted by atomic mass is 16.5. The first-order chi connectivity index (χ1) is 15.2. The number of benzene rings is 2. The van der Waals surface area contributed by atoms with Crippen LogP contribution in [0.5, 0.6) is 5.75 Å². The van der Waals surface area contributed by atoms with E-state index in [1.807, 2.05) is 54.6 Å². The average molecular weight is 422 g/mol. The molecule has 162 valence electrons. The van der Waals surface area contributed by atoms with Crippen molar-refractivity contribution in [2.75, 3.05) is 25.5 Å². The lowest BCUT2D eigenvalue weighted by Gasteiger charge is -2.34. The van der Waals surface area contributed by atoms with Crippen molar-refractivity contribution in [2.45, 2.75) is 31.8 Å². The van der Waals surface area contributed by atoms with Crippen LogP contribution in [0.2, 0.25) is 0 Å². The summed E-state index contributed by atoms with van der Waals surface area (Å²) in [5.41, 5.74) is 1.66.